The molecule has 0 spiro atoms. The van der Waals surface area contributed by atoms with E-state index >= 15 is 0 Å². The average molecular weight is 443 g/mol. The average Bonchev–Trinajstić information content (AvgIpc) is 3.43. The first-order valence-corrected chi connectivity index (χ1v) is 9.30. The minimum Gasteiger partial charge on any atom is -0.505 e. The van der Waals surface area contributed by atoms with E-state index in [1.54, 1.807) is 11.4 Å². The summed E-state index contributed by atoms with van der Waals surface area (Å²) in [5.41, 5.74) is -1.70. The van der Waals surface area contributed by atoms with Crippen LogP contribution in [0.5, 0.6) is 17.2 Å². The Balaban J connectivity index is 1.93. The van der Waals surface area contributed by atoms with Gasteiger partial charge < -0.3 is 19.8 Å². The number of nitrogens with zero attached hydrogens (tertiary/aromatic N) is 3. The lowest BCUT2D eigenvalue weighted by Gasteiger charge is -2.08. The summed E-state index contributed by atoms with van der Waals surface area (Å²) in [6, 6.07) is 7.17. The number of carbonyl (C=O) groups is 1. The van der Waals surface area contributed by atoms with Crippen molar-refractivity contribution in [3.05, 3.63) is 68.2 Å². The van der Waals surface area contributed by atoms with Crippen LogP contribution in [0.4, 0.5) is 10.1 Å². The summed E-state index contributed by atoms with van der Waals surface area (Å²) in [5, 5.41) is 46.4. The van der Waals surface area contributed by atoms with Gasteiger partial charge in [0.25, 0.3) is 5.89 Å². The first kappa shape index (κ1) is 20.0. The van der Waals surface area contributed by atoms with Crippen molar-refractivity contribution < 1.29 is 34.0 Å². The molecule has 0 radical (unpaired) electrons. The van der Waals surface area contributed by atoms with Gasteiger partial charge in [0.1, 0.15) is 5.56 Å². The molecule has 0 amide bonds. The molecule has 156 valence electrons. The van der Waals surface area contributed by atoms with Crippen LogP contribution >= 0.6 is 11.3 Å². The first-order chi connectivity index (χ1) is 14.8. The minimum absolute atomic E-state index is 0.116. The number of rotatable bonds is 5. The number of aromatic hydroxyl groups is 3. The Kier molecular flexibility index (Phi) is 4.83. The molecule has 0 atom stereocenters. The van der Waals surface area contributed by atoms with Crippen molar-refractivity contribution in [2.75, 3.05) is 0 Å². The molecule has 4 aromatic rings. The summed E-state index contributed by atoms with van der Waals surface area (Å²) in [6.07, 6.45) is 0. The maximum atomic E-state index is 13.3. The molecule has 0 saturated carbocycles. The number of hydrogen-bond donors (Lipinski definition) is 3. The largest absolute Gasteiger partial charge is 0.505 e. The van der Waals surface area contributed by atoms with Crippen molar-refractivity contribution in [3.63, 3.8) is 0 Å². The van der Waals surface area contributed by atoms with Crippen LogP contribution < -0.4 is 0 Å². The third-order valence-corrected chi connectivity index (χ3v) is 5.14. The van der Waals surface area contributed by atoms with Crippen molar-refractivity contribution in [3.8, 4) is 40.1 Å². The minimum atomic E-state index is -1.09. The molecule has 0 fully saturated rings. The van der Waals surface area contributed by atoms with Crippen molar-refractivity contribution in [2.24, 2.45) is 0 Å². The lowest BCUT2D eigenvalue weighted by molar-refractivity contribution is -0.386. The lowest BCUT2D eigenvalue weighted by Crippen LogP contribution is -2.07. The van der Waals surface area contributed by atoms with Crippen molar-refractivity contribution >= 4 is 22.8 Å². The second kappa shape index (κ2) is 7.50. The van der Waals surface area contributed by atoms with Gasteiger partial charge in [0, 0.05) is 5.56 Å². The number of ketones is 1. The number of aromatic nitrogens is 2. The molecule has 10 nitrogen and oxygen atoms in total. The zero-order valence-corrected chi connectivity index (χ0v) is 16.0. The van der Waals surface area contributed by atoms with E-state index in [1.807, 2.05) is 0 Å². The van der Waals surface area contributed by atoms with Gasteiger partial charge in [0.2, 0.25) is 17.4 Å². The molecule has 0 unspecified atom stereocenters. The molecular formula is C19H10FN3O7S. The molecule has 2 heterocycles. The van der Waals surface area contributed by atoms with E-state index in [9.17, 15) is 34.6 Å². The zero-order valence-electron chi connectivity index (χ0n) is 15.1. The van der Waals surface area contributed by atoms with E-state index in [4.69, 9.17) is 4.52 Å². The van der Waals surface area contributed by atoms with Crippen LogP contribution in [-0.2, 0) is 0 Å². The molecular weight excluding hydrogens is 433 g/mol. The highest BCUT2D eigenvalue weighted by molar-refractivity contribution is 7.12. The second-order valence-corrected chi connectivity index (χ2v) is 7.12. The smallest absolute Gasteiger partial charge is 0.326 e. The standard InChI is InChI=1S/C19H10FN3O7S/c20-10-4-3-8(6-11(10)24)18-21-19(30-22-18)9-7-12(25)16(26)15(23(28)29)14(9)17(27)13-2-1-5-31-13/h1-7,24-26H. The van der Waals surface area contributed by atoms with E-state index in [2.05, 4.69) is 10.1 Å². The van der Waals surface area contributed by atoms with Crippen LogP contribution in [0.2, 0.25) is 0 Å². The number of phenolic OH excluding ortho intramolecular Hbond substituents is 3. The molecule has 0 aliphatic rings. The quantitative estimate of drug-likeness (QED) is 0.180. The summed E-state index contributed by atoms with van der Waals surface area (Å²) < 4.78 is 18.4. The van der Waals surface area contributed by atoms with Crippen LogP contribution in [0.3, 0.4) is 0 Å². The number of carbonyl (C=O) groups excluding carboxylic acids is 1. The zero-order chi connectivity index (χ0) is 22.3. The van der Waals surface area contributed by atoms with Crippen molar-refractivity contribution in [1.82, 2.24) is 10.1 Å². The Bertz CT molecular complexity index is 1330. The van der Waals surface area contributed by atoms with E-state index in [0.29, 0.717) is 0 Å². The van der Waals surface area contributed by atoms with Gasteiger partial charge in [-0.3, -0.25) is 14.9 Å². The van der Waals surface area contributed by atoms with E-state index in [0.717, 1.165) is 29.5 Å². The number of thiophene rings is 1. The lowest BCUT2D eigenvalue weighted by atomic mass is 9.98. The molecule has 2 aromatic carbocycles. The van der Waals surface area contributed by atoms with E-state index < -0.39 is 45.0 Å². The summed E-state index contributed by atoms with van der Waals surface area (Å²) in [4.78, 5) is 27.8. The molecule has 0 aliphatic heterocycles. The van der Waals surface area contributed by atoms with Crippen LogP contribution in [0, 0.1) is 15.9 Å². The van der Waals surface area contributed by atoms with E-state index in [1.165, 1.54) is 12.1 Å². The molecule has 12 heteroatoms. The van der Waals surface area contributed by atoms with Gasteiger partial charge in [-0.25, -0.2) is 4.39 Å². The fourth-order valence-electron chi connectivity index (χ4n) is 2.85. The number of benzene rings is 2. The second-order valence-electron chi connectivity index (χ2n) is 6.17. The Labute approximate surface area is 175 Å². The first-order valence-electron chi connectivity index (χ1n) is 8.42. The topological polar surface area (TPSA) is 160 Å². The Hall–Kier alpha value is -4.32. The SMILES string of the molecule is O=C(c1cccs1)c1c(-c2nc(-c3ccc(F)c(O)c3)no2)cc(O)c(O)c1[N+](=O)[O-]. The van der Waals surface area contributed by atoms with Gasteiger partial charge in [0.05, 0.1) is 15.4 Å². The third-order valence-electron chi connectivity index (χ3n) is 4.27. The van der Waals surface area contributed by atoms with Crippen LogP contribution in [-0.4, -0.2) is 36.2 Å². The number of phenols is 3. The monoisotopic (exact) mass is 443 g/mol. The summed E-state index contributed by atoms with van der Waals surface area (Å²) in [7, 11) is 0. The molecule has 3 N–H and O–H groups in total. The highest BCUT2D eigenvalue weighted by atomic mass is 32.1. The van der Waals surface area contributed by atoms with Gasteiger partial charge in [-0.1, -0.05) is 11.2 Å². The Morgan fingerprint density at radius 1 is 1.16 bits per heavy atom. The number of nitro groups is 1. The van der Waals surface area contributed by atoms with E-state index in [-0.39, 0.29) is 27.7 Å². The molecule has 0 saturated heterocycles. The van der Waals surface area contributed by atoms with Crippen LogP contribution in [0.1, 0.15) is 15.2 Å². The summed E-state index contributed by atoms with van der Waals surface area (Å²) >= 11 is 1.02. The fraction of sp³-hybridized carbons (Fsp3) is 0. The Morgan fingerprint density at radius 2 is 1.94 bits per heavy atom. The predicted octanol–water partition coefficient (Wildman–Crippen LogP) is 3.86. The fourth-order valence-corrected chi connectivity index (χ4v) is 3.52. The van der Waals surface area contributed by atoms with Gasteiger partial charge in [-0.2, -0.15) is 4.98 Å². The third kappa shape index (κ3) is 3.44. The van der Waals surface area contributed by atoms with Crippen molar-refractivity contribution in [1.29, 1.82) is 0 Å². The molecule has 2 aromatic heterocycles. The number of hydrogen-bond acceptors (Lipinski definition) is 10. The highest BCUT2D eigenvalue weighted by Gasteiger charge is 2.34. The van der Waals surface area contributed by atoms with Crippen molar-refractivity contribution in [2.45, 2.75) is 0 Å². The summed E-state index contributed by atoms with van der Waals surface area (Å²) in [5.74, 6) is -4.77. The molecule has 0 aliphatic carbocycles. The highest BCUT2D eigenvalue weighted by Crippen LogP contribution is 2.44. The van der Waals surface area contributed by atoms with Gasteiger partial charge in [0.15, 0.2) is 17.3 Å². The number of nitro benzene ring substituents is 1. The van der Waals surface area contributed by atoms with Crippen LogP contribution in [0.15, 0.2) is 46.3 Å². The Morgan fingerprint density at radius 3 is 2.58 bits per heavy atom. The van der Waals surface area contributed by atoms with Gasteiger partial charge in [-0.15, -0.1) is 11.3 Å². The molecule has 4 rings (SSSR count). The normalized spacial score (nSPS) is 10.9. The van der Waals surface area contributed by atoms with Gasteiger partial charge >= 0.3 is 5.69 Å². The number of halogens is 1. The maximum absolute atomic E-state index is 13.3. The predicted molar refractivity (Wildman–Crippen MR) is 105 cm³/mol. The maximum Gasteiger partial charge on any atom is 0.326 e. The van der Waals surface area contributed by atoms with Crippen LogP contribution in [0.25, 0.3) is 22.8 Å². The van der Waals surface area contributed by atoms with Gasteiger partial charge in [-0.05, 0) is 35.7 Å². The summed E-state index contributed by atoms with van der Waals surface area (Å²) in [6.45, 7) is 0. The molecule has 31 heavy (non-hydrogen) atoms. The molecule has 0 bridgehead atoms.